The van der Waals surface area contributed by atoms with Crippen LogP contribution in [0.4, 0.5) is 5.69 Å². The van der Waals surface area contributed by atoms with Crippen molar-refractivity contribution in [1.82, 2.24) is 5.32 Å². The summed E-state index contributed by atoms with van der Waals surface area (Å²) in [4.78, 5) is 89.1. The minimum absolute atomic E-state index is 0.0118. The van der Waals surface area contributed by atoms with E-state index in [-0.39, 0.29) is 59.0 Å². The van der Waals surface area contributed by atoms with Crippen molar-refractivity contribution < 1.29 is 48.5 Å². The molecule has 0 saturated carbocycles. The molecule has 1 atom stereocenters. The molecule has 0 bridgehead atoms. The van der Waals surface area contributed by atoms with Crippen molar-refractivity contribution in [3.63, 3.8) is 0 Å². The van der Waals surface area contributed by atoms with Gasteiger partial charge in [-0.25, -0.2) is 4.79 Å². The molecule has 0 fully saturated rings. The highest BCUT2D eigenvalue weighted by atomic mass is 16.5. The maximum Gasteiger partial charge on any atom is 0.335 e. The van der Waals surface area contributed by atoms with Crippen LogP contribution in [0.1, 0.15) is 101 Å². The number of amides is 3. The molecular weight excluding hydrogens is 795 g/mol. The minimum Gasteiger partial charge on any atom is -0.504 e. The number of ether oxygens (including phenoxy) is 1. The molecule has 1 aliphatic heterocycles. The summed E-state index contributed by atoms with van der Waals surface area (Å²) < 4.78 is 5.87. The molecule has 0 saturated heterocycles. The first kappa shape index (κ1) is 43.8. The normalized spacial score (nSPS) is 12.8. The number of carbonyl (C=O) groups excluding carboxylic acids is 6. The summed E-state index contributed by atoms with van der Waals surface area (Å²) in [6.45, 7) is 5.32. The van der Waals surface area contributed by atoms with E-state index in [1.165, 1.54) is 72.8 Å². The summed E-state index contributed by atoms with van der Waals surface area (Å²) in [5.41, 5.74) is 8.48. The van der Waals surface area contributed by atoms with Gasteiger partial charge in [-0.2, -0.15) is 10.2 Å². The van der Waals surface area contributed by atoms with Gasteiger partial charge in [0.1, 0.15) is 0 Å². The topological polar surface area (TPSA) is 244 Å². The van der Waals surface area contributed by atoms with Gasteiger partial charge in [0, 0.05) is 52.8 Å². The Morgan fingerprint density at radius 2 is 1.23 bits per heavy atom. The molecule has 5 aromatic carbocycles. The average molecular weight is 838 g/mol. The molecule has 15 heteroatoms. The number of nitrogens with two attached hydrogens (primary N) is 1. The smallest absolute Gasteiger partial charge is 0.335 e. The van der Waals surface area contributed by atoms with Gasteiger partial charge in [-0.3, -0.25) is 28.8 Å². The van der Waals surface area contributed by atoms with Crippen molar-refractivity contribution in [2.24, 2.45) is 16.0 Å². The molecule has 0 radical (unpaired) electrons. The molecule has 5 aromatic rings. The molecule has 6 rings (SSSR count). The first-order valence-electron chi connectivity index (χ1n) is 19.6. The van der Waals surface area contributed by atoms with Crippen LogP contribution in [-0.2, 0) is 34.5 Å². The Balaban J connectivity index is 1.06. The lowest BCUT2D eigenvalue weighted by Crippen LogP contribution is -2.44. The highest BCUT2D eigenvalue weighted by Crippen LogP contribution is 2.39. The van der Waals surface area contributed by atoms with Crippen LogP contribution in [0.15, 0.2) is 119 Å². The van der Waals surface area contributed by atoms with E-state index in [0.717, 1.165) is 5.56 Å². The number of hydrogen-bond acceptors (Lipinski definition) is 11. The molecule has 1 aliphatic rings. The Labute approximate surface area is 356 Å². The Hall–Kier alpha value is -7.81. The van der Waals surface area contributed by atoms with E-state index in [9.17, 15) is 38.7 Å². The fourth-order valence-electron chi connectivity index (χ4n) is 6.52. The van der Waals surface area contributed by atoms with Gasteiger partial charge in [-0.15, -0.1) is 0 Å². The number of ketones is 3. The lowest BCUT2D eigenvalue weighted by atomic mass is 9.95. The van der Waals surface area contributed by atoms with Crippen LogP contribution in [0, 0.1) is 0 Å². The fraction of sp³-hybridized carbons (Fsp3) is 0.213. The standard InChI is InChI=1S/C47H43N5O10/c1-26(2)62-43-33(16-21-36(42(43)57)39(54)22-27-6-10-32(11-7-27)46(60)61)24-38(53)29-8-4-28(5-9-29)23-40(55)37(25-41(48)56)50-45(59)31-14-19-35(20-15-31)49-44(58)30-12-17-34(18-13-30)47(3)51-52-47/h4-21,26,37,57H,22-25H2,1-3H3,(H2,48,56)(H,49,58)(H,50,59)(H,60,61)/t37-/m0/s1. The predicted molar refractivity (Wildman–Crippen MR) is 227 cm³/mol. The zero-order valence-corrected chi connectivity index (χ0v) is 34.0. The number of nitrogens with zero attached hydrogens (tertiary/aromatic N) is 2. The second-order valence-electron chi connectivity index (χ2n) is 15.2. The number of phenolic OH excluding ortho intramolecular Hbond substituents is 1. The summed E-state index contributed by atoms with van der Waals surface area (Å²) in [6, 6.07) is 26.6. The lowest BCUT2D eigenvalue weighted by molar-refractivity contribution is -0.125. The van der Waals surface area contributed by atoms with E-state index in [1.54, 1.807) is 50.2 Å². The first-order chi connectivity index (χ1) is 29.5. The number of benzene rings is 5. The number of hydrogen-bond donors (Lipinski definition) is 5. The molecule has 3 amide bonds. The molecule has 6 N–H and O–H groups in total. The largest absolute Gasteiger partial charge is 0.504 e. The van der Waals surface area contributed by atoms with Gasteiger partial charge in [0.25, 0.3) is 11.8 Å². The van der Waals surface area contributed by atoms with Gasteiger partial charge in [-0.05, 0) is 86.5 Å². The molecule has 0 aromatic heterocycles. The summed E-state index contributed by atoms with van der Waals surface area (Å²) in [7, 11) is 0. The average Bonchev–Trinajstić information content (AvgIpc) is 4.00. The molecule has 316 valence electrons. The maximum atomic E-state index is 13.5. The monoisotopic (exact) mass is 837 g/mol. The molecule has 0 spiro atoms. The number of carboxylic acid groups (broad SMARTS) is 1. The van der Waals surface area contributed by atoms with Crippen LogP contribution in [0.2, 0.25) is 0 Å². The highest BCUT2D eigenvalue weighted by molar-refractivity contribution is 6.05. The number of aromatic hydroxyl groups is 1. The minimum atomic E-state index is -1.25. The number of phenols is 1. The summed E-state index contributed by atoms with van der Waals surface area (Å²) in [6.07, 6.45) is -1.36. The van der Waals surface area contributed by atoms with Crippen LogP contribution < -0.4 is 21.1 Å². The maximum absolute atomic E-state index is 13.5. The van der Waals surface area contributed by atoms with Crippen molar-refractivity contribution >= 4 is 46.7 Å². The van der Waals surface area contributed by atoms with Crippen molar-refractivity contribution in [1.29, 1.82) is 0 Å². The Morgan fingerprint density at radius 1 is 0.677 bits per heavy atom. The van der Waals surface area contributed by atoms with E-state index in [4.69, 9.17) is 15.6 Å². The van der Waals surface area contributed by atoms with Gasteiger partial charge in [-0.1, -0.05) is 54.6 Å². The quantitative estimate of drug-likeness (QED) is 0.0573. The SMILES string of the molecule is CC(C)Oc1c(CC(=O)c2ccc(CC(=O)[C@H](CC(N)=O)NC(=O)c3ccc(NC(=O)c4ccc(C5(C)N=N5)cc4)cc3)cc2)ccc(C(=O)Cc2ccc(C(=O)O)cc2)c1O. The third kappa shape index (κ3) is 10.9. The summed E-state index contributed by atoms with van der Waals surface area (Å²) in [5, 5.41) is 33.6. The summed E-state index contributed by atoms with van der Waals surface area (Å²) >= 11 is 0. The van der Waals surface area contributed by atoms with Crippen molar-refractivity contribution in [2.75, 3.05) is 5.32 Å². The lowest BCUT2D eigenvalue weighted by Gasteiger charge is -2.18. The van der Waals surface area contributed by atoms with Gasteiger partial charge < -0.3 is 31.3 Å². The summed E-state index contributed by atoms with van der Waals surface area (Å²) in [5.74, 6) is -4.61. The van der Waals surface area contributed by atoms with E-state index >= 15 is 0 Å². The number of nitrogens with one attached hydrogen (secondary N) is 2. The number of carboxylic acids is 1. The van der Waals surface area contributed by atoms with Crippen LogP contribution in [0.5, 0.6) is 11.5 Å². The fourth-order valence-corrected chi connectivity index (χ4v) is 6.52. The molecule has 0 unspecified atom stereocenters. The van der Waals surface area contributed by atoms with E-state index in [1.807, 2.05) is 6.92 Å². The van der Waals surface area contributed by atoms with Gasteiger partial charge in [0.2, 0.25) is 11.6 Å². The van der Waals surface area contributed by atoms with E-state index in [2.05, 4.69) is 20.9 Å². The third-order valence-corrected chi connectivity index (χ3v) is 10.0. The van der Waals surface area contributed by atoms with Crippen LogP contribution in [0.25, 0.3) is 0 Å². The van der Waals surface area contributed by atoms with Crippen LogP contribution in [-0.4, -0.2) is 63.4 Å². The molecule has 62 heavy (non-hydrogen) atoms. The van der Waals surface area contributed by atoms with E-state index in [0.29, 0.717) is 27.9 Å². The molecule has 0 aliphatic carbocycles. The zero-order chi connectivity index (χ0) is 44.7. The third-order valence-electron chi connectivity index (χ3n) is 10.0. The van der Waals surface area contributed by atoms with Gasteiger partial charge >= 0.3 is 5.97 Å². The Bertz CT molecular complexity index is 2580. The van der Waals surface area contributed by atoms with Gasteiger partial charge in [0.15, 0.2) is 28.8 Å². The number of rotatable bonds is 19. The number of aromatic carboxylic acids is 1. The second kappa shape index (κ2) is 18.6. The zero-order valence-electron chi connectivity index (χ0n) is 34.0. The molecule has 15 nitrogen and oxygen atoms in total. The number of carbonyl (C=O) groups is 7. The van der Waals surface area contributed by atoms with Crippen LogP contribution in [0.3, 0.4) is 0 Å². The number of anilines is 1. The van der Waals surface area contributed by atoms with E-state index < -0.39 is 59.3 Å². The van der Waals surface area contributed by atoms with Crippen molar-refractivity contribution in [3.8, 4) is 11.5 Å². The number of Topliss-reactive ketones (excluding diaryl/α,β-unsaturated/α-hetero) is 3. The van der Waals surface area contributed by atoms with Gasteiger partial charge in [0.05, 0.1) is 29.7 Å². The number of primary amides is 1. The molecular formula is C47H43N5O10. The Morgan fingerprint density at radius 3 is 1.79 bits per heavy atom. The van der Waals surface area contributed by atoms with Crippen LogP contribution >= 0.6 is 0 Å². The second-order valence-corrected chi connectivity index (χ2v) is 15.2. The molecule has 1 heterocycles. The highest BCUT2D eigenvalue weighted by Gasteiger charge is 2.36. The van der Waals surface area contributed by atoms with Crippen molar-refractivity contribution in [2.45, 2.75) is 64.3 Å². The predicted octanol–water partition coefficient (Wildman–Crippen LogP) is 6.40. The van der Waals surface area contributed by atoms with Crippen molar-refractivity contribution in [3.05, 3.63) is 159 Å². The Kier molecular flexibility index (Phi) is 13.1. The first-order valence-corrected chi connectivity index (χ1v) is 19.6.